The first-order chi connectivity index (χ1) is 9.52. The summed E-state index contributed by atoms with van der Waals surface area (Å²) in [6, 6.07) is 7.55. The third-order valence-electron chi connectivity index (χ3n) is 3.16. The molecule has 5 nitrogen and oxygen atoms in total. The van der Waals surface area contributed by atoms with Gasteiger partial charge in [0.2, 0.25) is 5.91 Å². The molecule has 1 aromatic carbocycles. The first-order valence-corrected chi connectivity index (χ1v) is 6.81. The van der Waals surface area contributed by atoms with Crippen LogP contribution < -0.4 is 10.6 Å². The van der Waals surface area contributed by atoms with Crippen molar-refractivity contribution in [2.75, 3.05) is 6.54 Å². The van der Waals surface area contributed by atoms with E-state index in [0.29, 0.717) is 12.6 Å². The number of nitrogens with one attached hydrogen (secondary N) is 2. The fraction of sp³-hybridized carbons (Fsp3) is 0.467. The number of carbonyl (C=O) groups is 2. The van der Waals surface area contributed by atoms with Gasteiger partial charge in [-0.25, -0.2) is 0 Å². The topological polar surface area (TPSA) is 78.4 Å². The summed E-state index contributed by atoms with van der Waals surface area (Å²) >= 11 is 0. The Balaban J connectivity index is 2.48. The summed E-state index contributed by atoms with van der Waals surface area (Å²) in [6.45, 7) is 4.70. The van der Waals surface area contributed by atoms with E-state index in [9.17, 15) is 9.59 Å². The van der Waals surface area contributed by atoms with Crippen molar-refractivity contribution in [3.05, 3.63) is 35.4 Å². The van der Waals surface area contributed by atoms with E-state index in [-0.39, 0.29) is 18.9 Å². The summed E-state index contributed by atoms with van der Waals surface area (Å²) in [6.07, 6.45) is 0.936. The molecule has 5 heteroatoms. The van der Waals surface area contributed by atoms with Crippen LogP contribution in [0.5, 0.6) is 0 Å². The molecule has 0 saturated carbocycles. The van der Waals surface area contributed by atoms with E-state index in [1.54, 1.807) is 12.1 Å². The molecule has 0 aliphatic carbocycles. The maximum atomic E-state index is 11.7. The standard InChI is InChI=1S/C15H22N2O3/c1-3-11(2)16-10-14(18)17-9-13-7-5-4-6-12(13)8-15(19)20/h4-7,11,16H,3,8-10H2,1-2H3,(H,17,18)(H,19,20). The predicted molar refractivity (Wildman–Crippen MR) is 77.4 cm³/mol. The third kappa shape index (κ3) is 5.84. The minimum atomic E-state index is -0.873. The molecule has 20 heavy (non-hydrogen) atoms. The van der Waals surface area contributed by atoms with Crippen molar-refractivity contribution in [2.45, 2.75) is 39.3 Å². The summed E-state index contributed by atoms with van der Waals surface area (Å²) in [5.74, 6) is -0.961. The second-order valence-electron chi connectivity index (χ2n) is 4.81. The van der Waals surface area contributed by atoms with Gasteiger partial charge in [0.1, 0.15) is 0 Å². The van der Waals surface area contributed by atoms with E-state index in [2.05, 4.69) is 17.6 Å². The Morgan fingerprint density at radius 2 is 1.90 bits per heavy atom. The second-order valence-corrected chi connectivity index (χ2v) is 4.81. The Kier molecular flexibility index (Phi) is 6.73. The van der Waals surface area contributed by atoms with Gasteiger partial charge in [0.15, 0.2) is 0 Å². The van der Waals surface area contributed by atoms with Gasteiger partial charge in [-0.05, 0) is 24.5 Å². The molecule has 1 amide bonds. The lowest BCUT2D eigenvalue weighted by atomic mass is 10.0. The zero-order valence-electron chi connectivity index (χ0n) is 12.0. The van der Waals surface area contributed by atoms with Crippen molar-refractivity contribution in [3.63, 3.8) is 0 Å². The highest BCUT2D eigenvalue weighted by molar-refractivity contribution is 5.78. The summed E-state index contributed by atoms with van der Waals surface area (Å²) in [5, 5.41) is 14.8. The zero-order valence-corrected chi connectivity index (χ0v) is 12.0. The molecule has 0 heterocycles. The number of rotatable bonds is 8. The van der Waals surface area contributed by atoms with Crippen LogP contribution in [0.4, 0.5) is 0 Å². The van der Waals surface area contributed by atoms with Crippen LogP contribution in [-0.2, 0) is 22.6 Å². The molecule has 0 aliphatic rings. The molecular formula is C15H22N2O3. The van der Waals surface area contributed by atoms with Crippen LogP contribution >= 0.6 is 0 Å². The largest absolute Gasteiger partial charge is 0.481 e. The second kappa shape index (κ2) is 8.32. The van der Waals surface area contributed by atoms with E-state index < -0.39 is 5.97 Å². The quantitative estimate of drug-likeness (QED) is 0.670. The monoisotopic (exact) mass is 278 g/mol. The number of carboxylic acid groups (broad SMARTS) is 1. The fourth-order valence-corrected chi connectivity index (χ4v) is 1.73. The molecule has 1 rings (SSSR count). The molecule has 0 bridgehead atoms. The molecule has 0 radical (unpaired) electrons. The Labute approximate surface area is 119 Å². The third-order valence-corrected chi connectivity index (χ3v) is 3.16. The molecule has 0 spiro atoms. The van der Waals surface area contributed by atoms with Crippen LogP contribution in [0.1, 0.15) is 31.4 Å². The van der Waals surface area contributed by atoms with Crippen LogP contribution in [0.3, 0.4) is 0 Å². The zero-order chi connectivity index (χ0) is 15.0. The molecule has 110 valence electrons. The van der Waals surface area contributed by atoms with Crippen molar-refractivity contribution < 1.29 is 14.7 Å². The average Bonchev–Trinajstić information content (AvgIpc) is 2.43. The van der Waals surface area contributed by atoms with Gasteiger partial charge in [-0.15, -0.1) is 0 Å². The van der Waals surface area contributed by atoms with Gasteiger partial charge in [0.25, 0.3) is 0 Å². The van der Waals surface area contributed by atoms with Crippen LogP contribution in [0.15, 0.2) is 24.3 Å². The average molecular weight is 278 g/mol. The smallest absolute Gasteiger partial charge is 0.307 e. The predicted octanol–water partition coefficient (Wildman–Crippen LogP) is 1.32. The van der Waals surface area contributed by atoms with Crippen molar-refractivity contribution in [1.82, 2.24) is 10.6 Å². The number of hydrogen-bond acceptors (Lipinski definition) is 3. The minimum Gasteiger partial charge on any atom is -0.481 e. The lowest BCUT2D eigenvalue weighted by Crippen LogP contribution is -2.37. The molecule has 3 N–H and O–H groups in total. The van der Waals surface area contributed by atoms with Crippen molar-refractivity contribution in [3.8, 4) is 0 Å². The highest BCUT2D eigenvalue weighted by Gasteiger charge is 2.08. The normalized spacial score (nSPS) is 11.9. The van der Waals surface area contributed by atoms with Gasteiger partial charge < -0.3 is 15.7 Å². The maximum Gasteiger partial charge on any atom is 0.307 e. The summed E-state index contributed by atoms with van der Waals surface area (Å²) in [4.78, 5) is 22.5. The van der Waals surface area contributed by atoms with Gasteiger partial charge in [0.05, 0.1) is 13.0 Å². The number of benzene rings is 1. The molecule has 0 aromatic heterocycles. The van der Waals surface area contributed by atoms with Gasteiger partial charge in [-0.1, -0.05) is 31.2 Å². The number of amides is 1. The SMILES string of the molecule is CCC(C)NCC(=O)NCc1ccccc1CC(=O)O. The van der Waals surface area contributed by atoms with Gasteiger partial charge in [0, 0.05) is 12.6 Å². The Morgan fingerprint density at radius 1 is 1.25 bits per heavy atom. The van der Waals surface area contributed by atoms with E-state index in [1.165, 1.54) is 0 Å². The van der Waals surface area contributed by atoms with Crippen LogP contribution in [0, 0.1) is 0 Å². The number of carboxylic acids is 1. The van der Waals surface area contributed by atoms with Gasteiger partial charge in [-0.2, -0.15) is 0 Å². The van der Waals surface area contributed by atoms with E-state index in [0.717, 1.165) is 17.5 Å². The number of carbonyl (C=O) groups excluding carboxylic acids is 1. The summed E-state index contributed by atoms with van der Waals surface area (Å²) < 4.78 is 0. The van der Waals surface area contributed by atoms with Crippen LogP contribution in [0.25, 0.3) is 0 Å². The van der Waals surface area contributed by atoms with Crippen LogP contribution in [-0.4, -0.2) is 29.6 Å². The first kappa shape index (κ1) is 16.2. The summed E-state index contributed by atoms with van der Waals surface area (Å²) in [7, 11) is 0. The van der Waals surface area contributed by atoms with Gasteiger partial charge in [-0.3, -0.25) is 9.59 Å². The molecule has 0 fully saturated rings. The molecular weight excluding hydrogens is 256 g/mol. The first-order valence-electron chi connectivity index (χ1n) is 6.81. The highest BCUT2D eigenvalue weighted by Crippen LogP contribution is 2.09. The van der Waals surface area contributed by atoms with E-state index in [1.807, 2.05) is 19.1 Å². The summed E-state index contributed by atoms with van der Waals surface area (Å²) in [5.41, 5.74) is 1.57. The lowest BCUT2D eigenvalue weighted by Gasteiger charge is -2.12. The molecule has 1 atom stereocenters. The number of aliphatic carboxylic acids is 1. The lowest BCUT2D eigenvalue weighted by molar-refractivity contribution is -0.136. The van der Waals surface area contributed by atoms with Crippen LogP contribution in [0.2, 0.25) is 0 Å². The maximum absolute atomic E-state index is 11.7. The highest BCUT2D eigenvalue weighted by atomic mass is 16.4. The molecule has 0 aliphatic heterocycles. The molecule has 0 saturated heterocycles. The number of hydrogen-bond donors (Lipinski definition) is 3. The Morgan fingerprint density at radius 3 is 2.50 bits per heavy atom. The van der Waals surface area contributed by atoms with E-state index >= 15 is 0 Å². The molecule has 1 aromatic rings. The fourth-order valence-electron chi connectivity index (χ4n) is 1.73. The van der Waals surface area contributed by atoms with Crippen molar-refractivity contribution in [2.24, 2.45) is 0 Å². The Bertz CT molecular complexity index is 460. The molecule has 1 unspecified atom stereocenters. The Hall–Kier alpha value is -1.88. The van der Waals surface area contributed by atoms with Crippen molar-refractivity contribution >= 4 is 11.9 Å². The van der Waals surface area contributed by atoms with Gasteiger partial charge >= 0.3 is 5.97 Å². The minimum absolute atomic E-state index is 0.0306. The van der Waals surface area contributed by atoms with E-state index in [4.69, 9.17) is 5.11 Å². The van der Waals surface area contributed by atoms with Crippen molar-refractivity contribution in [1.29, 1.82) is 0 Å².